The summed E-state index contributed by atoms with van der Waals surface area (Å²) in [7, 11) is 0. The molecule has 128 valence electrons. The Kier molecular flexibility index (Phi) is 3.87. The predicted molar refractivity (Wildman–Crippen MR) is 97.0 cm³/mol. The first-order chi connectivity index (χ1) is 11.6. The number of Topliss-reactive ketones (excluding diaryl/α,β-unsaturated/α-hetero) is 1. The molecule has 0 bridgehead atoms. The van der Waals surface area contributed by atoms with Gasteiger partial charge in [0.25, 0.3) is 0 Å². The first kappa shape index (κ1) is 15.7. The number of aryl methyl sites for hydroxylation is 1. The second-order valence-electron chi connectivity index (χ2n) is 7.30. The second kappa shape index (κ2) is 5.92. The Hall–Kier alpha value is -1.81. The number of benzene rings is 1. The first-order valence-electron chi connectivity index (χ1n) is 9.02. The maximum absolute atomic E-state index is 11.7. The van der Waals surface area contributed by atoms with Crippen molar-refractivity contribution < 1.29 is 9.53 Å². The number of hydrogen-bond donors (Lipinski definition) is 0. The fraction of sp³-hybridized carbons (Fsp3) is 0.550. The van der Waals surface area contributed by atoms with Crippen molar-refractivity contribution >= 4 is 22.4 Å². The number of hydrogen-bond acceptors (Lipinski definition) is 3. The summed E-state index contributed by atoms with van der Waals surface area (Å²) >= 11 is 0. The maximum atomic E-state index is 11.7. The summed E-state index contributed by atoms with van der Waals surface area (Å²) in [5.74, 6) is 0.231. The van der Waals surface area contributed by atoms with Gasteiger partial charge in [-0.1, -0.05) is 0 Å². The lowest BCUT2D eigenvalue weighted by Crippen LogP contribution is -2.44. The molecule has 2 aliphatic rings. The van der Waals surface area contributed by atoms with Crippen LogP contribution in [0.3, 0.4) is 0 Å². The molecule has 0 unspecified atom stereocenters. The average molecular weight is 326 g/mol. The zero-order valence-electron chi connectivity index (χ0n) is 14.9. The third-order valence-corrected chi connectivity index (χ3v) is 5.65. The van der Waals surface area contributed by atoms with E-state index in [-0.39, 0.29) is 5.78 Å². The summed E-state index contributed by atoms with van der Waals surface area (Å²) in [6, 6.07) is 5.05. The third-order valence-electron chi connectivity index (χ3n) is 5.65. The minimum atomic E-state index is 0.231. The van der Waals surface area contributed by atoms with E-state index in [0.29, 0.717) is 12.5 Å². The van der Waals surface area contributed by atoms with Crippen LogP contribution in [0, 0.1) is 13.8 Å². The van der Waals surface area contributed by atoms with Gasteiger partial charge < -0.3 is 14.2 Å². The van der Waals surface area contributed by atoms with Crippen LogP contribution in [0.15, 0.2) is 12.1 Å². The number of ketones is 1. The van der Waals surface area contributed by atoms with E-state index in [0.717, 1.165) is 39.1 Å². The van der Waals surface area contributed by atoms with Gasteiger partial charge in [-0.2, -0.15) is 0 Å². The quantitative estimate of drug-likeness (QED) is 0.867. The van der Waals surface area contributed by atoms with Crippen LogP contribution in [0.2, 0.25) is 0 Å². The molecule has 4 heteroatoms. The smallest absolute Gasteiger partial charge is 0.134 e. The monoisotopic (exact) mass is 326 g/mol. The van der Waals surface area contributed by atoms with Crippen molar-refractivity contribution in [3.63, 3.8) is 0 Å². The molecule has 0 radical (unpaired) electrons. The van der Waals surface area contributed by atoms with Crippen molar-refractivity contribution in [1.82, 2.24) is 4.57 Å². The van der Waals surface area contributed by atoms with Crippen LogP contribution >= 0.6 is 0 Å². The van der Waals surface area contributed by atoms with Crippen LogP contribution in [0.1, 0.15) is 36.6 Å². The number of rotatable bonds is 3. The first-order valence-corrected chi connectivity index (χ1v) is 9.02. The van der Waals surface area contributed by atoms with Gasteiger partial charge in [0.1, 0.15) is 5.78 Å². The van der Waals surface area contributed by atoms with Gasteiger partial charge in [0, 0.05) is 49.8 Å². The highest BCUT2D eigenvalue weighted by molar-refractivity contribution is 5.97. The molecular formula is C20H26N2O2. The lowest BCUT2D eigenvalue weighted by Gasteiger charge is -2.40. The van der Waals surface area contributed by atoms with Crippen LogP contribution in [-0.4, -0.2) is 36.2 Å². The van der Waals surface area contributed by atoms with Crippen molar-refractivity contribution in [2.24, 2.45) is 0 Å². The van der Waals surface area contributed by atoms with E-state index in [2.05, 4.69) is 35.4 Å². The molecule has 0 spiro atoms. The maximum Gasteiger partial charge on any atom is 0.134 e. The van der Waals surface area contributed by atoms with Gasteiger partial charge in [-0.15, -0.1) is 0 Å². The van der Waals surface area contributed by atoms with Gasteiger partial charge in [-0.25, -0.2) is 0 Å². The molecule has 0 N–H and O–H groups in total. The zero-order chi connectivity index (χ0) is 16.8. The Labute approximate surface area is 143 Å². The fourth-order valence-electron chi connectivity index (χ4n) is 4.48. The summed E-state index contributed by atoms with van der Waals surface area (Å²) < 4.78 is 8.02. The summed E-state index contributed by atoms with van der Waals surface area (Å²) in [5.41, 5.74) is 6.49. The number of aromatic nitrogens is 1. The highest BCUT2D eigenvalue weighted by Gasteiger charge is 2.30. The predicted octanol–water partition coefficient (Wildman–Crippen LogP) is 3.39. The highest BCUT2D eigenvalue weighted by atomic mass is 16.5. The molecule has 0 aliphatic carbocycles. The van der Waals surface area contributed by atoms with E-state index in [4.69, 9.17) is 4.74 Å². The van der Waals surface area contributed by atoms with Crippen molar-refractivity contribution in [1.29, 1.82) is 0 Å². The second-order valence-corrected chi connectivity index (χ2v) is 7.30. The summed E-state index contributed by atoms with van der Waals surface area (Å²) in [4.78, 5) is 14.3. The van der Waals surface area contributed by atoms with Crippen LogP contribution in [0.25, 0.3) is 10.9 Å². The number of ether oxygens (including phenoxy) is 1. The Balaban J connectivity index is 1.90. The third kappa shape index (κ3) is 2.44. The molecule has 1 fully saturated rings. The van der Waals surface area contributed by atoms with Crippen molar-refractivity contribution in [2.45, 2.75) is 52.6 Å². The Bertz CT molecular complexity index is 800. The van der Waals surface area contributed by atoms with Crippen molar-refractivity contribution in [2.75, 3.05) is 24.7 Å². The van der Waals surface area contributed by atoms with E-state index in [9.17, 15) is 4.79 Å². The lowest BCUT2D eigenvalue weighted by molar-refractivity contribution is -0.116. The number of carbonyl (C=O) groups is 1. The van der Waals surface area contributed by atoms with Crippen molar-refractivity contribution in [3.8, 4) is 0 Å². The molecule has 0 atom stereocenters. The number of anilines is 1. The molecule has 2 aliphatic heterocycles. The van der Waals surface area contributed by atoms with Crippen LogP contribution in [-0.2, 0) is 22.5 Å². The largest absolute Gasteiger partial charge is 0.381 e. The minimum absolute atomic E-state index is 0.231. The van der Waals surface area contributed by atoms with E-state index in [1.165, 1.54) is 33.4 Å². The molecule has 1 saturated heterocycles. The van der Waals surface area contributed by atoms with Gasteiger partial charge >= 0.3 is 0 Å². The van der Waals surface area contributed by atoms with Gasteiger partial charge in [-0.3, -0.25) is 4.79 Å². The van der Waals surface area contributed by atoms with E-state index >= 15 is 0 Å². The van der Waals surface area contributed by atoms with Gasteiger partial charge in [0.2, 0.25) is 0 Å². The number of nitrogens with zero attached hydrogens (tertiary/aromatic N) is 2. The molecule has 1 aromatic carbocycles. The fourth-order valence-corrected chi connectivity index (χ4v) is 4.48. The average Bonchev–Trinajstić information content (AvgIpc) is 2.89. The zero-order valence-corrected chi connectivity index (χ0v) is 14.9. The van der Waals surface area contributed by atoms with Gasteiger partial charge in [0.15, 0.2) is 0 Å². The summed E-state index contributed by atoms with van der Waals surface area (Å²) in [6.45, 7) is 9.87. The molecule has 2 aromatic rings. The van der Waals surface area contributed by atoms with Crippen molar-refractivity contribution in [3.05, 3.63) is 29.0 Å². The van der Waals surface area contributed by atoms with Gasteiger partial charge in [-0.05, 0) is 56.9 Å². The van der Waals surface area contributed by atoms with Crippen LogP contribution in [0.5, 0.6) is 0 Å². The van der Waals surface area contributed by atoms with E-state index in [1.807, 2.05) is 0 Å². The highest BCUT2D eigenvalue weighted by Crippen LogP contribution is 2.40. The summed E-state index contributed by atoms with van der Waals surface area (Å²) in [6.07, 6.45) is 2.72. The Morgan fingerprint density at radius 2 is 1.96 bits per heavy atom. The van der Waals surface area contributed by atoms with Crippen LogP contribution in [0.4, 0.5) is 5.69 Å². The Morgan fingerprint density at radius 1 is 1.21 bits per heavy atom. The number of carbonyl (C=O) groups excluding carboxylic acids is 1. The molecule has 0 saturated carbocycles. The topological polar surface area (TPSA) is 34.5 Å². The van der Waals surface area contributed by atoms with E-state index < -0.39 is 0 Å². The summed E-state index contributed by atoms with van der Waals surface area (Å²) in [5, 5.41) is 1.28. The molecule has 1 aromatic heterocycles. The standard InChI is InChI=1S/C20H26N2O2/c1-13-10-17-12-16(11-14(2)23)15(3)19-20(17)21(13)6-7-22(19)18-4-8-24-9-5-18/h10,12,18H,4-9,11H2,1-3H3. The normalized spacial score (nSPS) is 18.4. The molecule has 24 heavy (non-hydrogen) atoms. The lowest BCUT2D eigenvalue weighted by atomic mass is 9.95. The Morgan fingerprint density at radius 3 is 2.67 bits per heavy atom. The van der Waals surface area contributed by atoms with E-state index in [1.54, 1.807) is 6.92 Å². The molecule has 3 heterocycles. The van der Waals surface area contributed by atoms with Gasteiger partial charge in [0.05, 0.1) is 11.2 Å². The van der Waals surface area contributed by atoms with Crippen LogP contribution < -0.4 is 4.90 Å². The minimum Gasteiger partial charge on any atom is -0.381 e. The molecular weight excluding hydrogens is 300 g/mol. The SMILES string of the molecule is CC(=O)Cc1cc2cc(C)n3c2c(c1C)N(C1CCOCC1)CC3. The molecule has 4 rings (SSSR count). The molecule has 4 nitrogen and oxygen atoms in total. The molecule has 0 amide bonds.